The van der Waals surface area contributed by atoms with Crippen molar-refractivity contribution in [2.24, 2.45) is 5.92 Å². The highest BCUT2D eigenvalue weighted by Crippen LogP contribution is 2.40. The molecule has 2 rings (SSSR count). The molecule has 2 unspecified atom stereocenters. The molecule has 1 saturated carbocycles. The lowest BCUT2D eigenvalue weighted by Crippen LogP contribution is -2.16. The van der Waals surface area contributed by atoms with Crippen LogP contribution in [0.4, 0.5) is 0 Å². The summed E-state index contributed by atoms with van der Waals surface area (Å²) in [5, 5.41) is 4.99. The Morgan fingerprint density at radius 1 is 1.56 bits per heavy atom. The largest absolute Gasteiger partial charge is 0.299 e. The predicted octanol–water partition coefficient (Wildman–Crippen LogP) is 3.20. The standard InChI is InChI=1S/C12H17ClN2O/c1-7(2)15-12(10(13)6-14-15)9-4-5-11(16)8(9)3/h6-9H,4-5H2,1-3H3. The van der Waals surface area contributed by atoms with Crippen LogP contribution in [0.2, 0.25) is 5.02 Å². The highest BCUT2D eigenvalue weighted by molar-refractivity contribution is 6.31. The molecule has 2 atom stereocenters. The summed E-state index contributed by atoms with van der Waals surface area (Å²) in [6.45, 7) is 6.15. The molecule has 0 saturated heterocycles. The zero-order valence-electron chi connectivity index (χ0n) is 9.90. The molecule has 0 N–H and O–H groups in total. The van der Waals surface area contributed by atoms with E-state index in [0.29, 0.717) is 17.2 Å². The second kappa shape index (κ2) is 4.21. The number of ketones is 1. The molecule has 0 aliphatic heterocycles. The first-order valence-corrected chi connectivity index (χ1v) is 6.15. The molecule has 0 spiro atoms. The summed E-state index contributed by atoms with van der Waals surface area (Å²) in [5.74, 6) is 0.661. The Morgan fingerprint density at radius 3 is 2.75 bits per heavy atom. The van der Waals surface area contributed by atoms with Gasteiger partial charge in [-0.1, -0.05) is 18.5 Å². The zero-order chi connectivity index (χ0) is 11.9. The summed E-state index contributed by atoms with van der Waals surface area (Å²) in [6, 6.07) is 0.283. The van der Waals surface area contributed by atoms with Gasteiger partial charge in [0, 0.05) is 24.3 Å². The van der Waals surface area contributed by atoms with Crippen molar-refractivity contribution in [1.82, 2.24) is 9.78 Å². The average Bonchev–Trinajstić information content (AvgIpc) is 2.73. The van der Waals surface area contributed by atoms with Crippen LogP contribution in [0.15, 0.2) is 6.20 Å². The van der Waals surface area contributed by atoms with E-state index < -0.39 is 0 Å². The van der Waals surface area contributed by atoms with Gasteiger partial charge in [0.15, 0.2) is 0 Å². The number of nitrogens with zero attached hydrogens (tertiary/aromatic N) is 2. The van der Waals surface area contributed by atoms with E-state index in [1.807, 2.05) is 11.6 Å². The van der Waals surface area contributed by atoms with Crippen molar-refractivity contribution in [2.45, 2.75) is 45.6 Å². The van der Waals surface area contributed by atoms with Crippen molar-refractivity contribution >= 4 is 17.4 Å². The maximum Gasteiger partial charge on any atom is 0.136 e. The third kappa shape index (κ3) is 1.77. The molecular formula is C12H17ClN2O. The second-order valence-electron chi connectivity index (χ2n) is 4.82. The van der Waals surface area contributed by atoms with E-state index in [0.717, 1.165) is 12.1 Å². The first kappa shape index (κ1) is 11.6. The number of carbonyl (C=O) groups is 1. The fraction of sp³-hybridized carbons (Fsp3) is 0.667. The fourth-order valence-electron chi connectivity index (χ4n) is 2.48. The molecule has 0 amide bonds. The van der Waals surface area contributed by atoms with Crippen LogP contribution in [0.25, 0.3) is 0 Å². The van der Waals surface area contributed by atoms with E-state index in [1.165, 1.54) is 0 Å². The van der Waals surface area contributed by atoms with E-state index in [2.05, 4.69) is 18.9 Å². The molecule has 1 aromatic rings. The Hall–Kier alpha value is -0.830. The molecule has 1 heterocycles. The molecule has 1 aliphatic carbocycles. The molecule has 4 heteroatoms. The highest BCUT2D eigenvalue weighted by Gasteiger charge is 2.35. The van der Waals surface area contributed by atoms with E-state index >= 15 is 0 Å². The van der Waals surface area contributed by atoms with Crippen molar-refractivity contribution in [1.29, 1.82) is 0 Å². The van der Waals surface area contributed by atoms with E-state index in [9.17, 15) is 4.79 Å². The minimum atomic E-state index is 0.0756. The van der Waals surface area contributed by atoms with Crippen LogP contribution in [-0.2, 0) is 4.79 Å². The topological polar surface area (TPSA) is 34.9 Å². The van der Waals surface area contributed by atoms with Gasteiger partial charge in [0.2, 0.25) is 0 Å². The molecule has 16 heavy (non-hydrogen) atoms. The minimum absolute atomic E-state index is 0.0756. The van der Waals surface area contributed by atoms with Gasteiger partial charge in [0.25, 0.3) is 0 Å². The van der Waals surface area contributed by atoms with Crippen molar-refractivity contribution in [3.8, 4) is 0 Å². The van der Waals surface area contributed by atoms with Gasteiger partial charge < -0.3 is 0 Å². The number of Topliss-reactive ketones (excluding diaryl/α,β-unsaturated/α-hetero) is 1. The summed E-state index contributed by atoms with van der Waals surface area (Å²) in [5.41, 5.74) is 1.04. The number of aromatic nitrogens is 2. The van der Waals surface area contributed by atoms with E-state index in [-0.39, 0.29) is 17.9 Å². The average molecular weight is 241 g/mol. The van der Waals surface area contributed by atoms with Crippen molar-refractivity contribution in [2.75, 3.05) is 0 Å². The van der Waals surface area contributed by atoms with Gasteiger partial charge in [0.1, 0.15) is 5.78 Å². The smallest absolute Gasteiger partial charge is 0.136 e. The number of hydrogen-bond acceptors (Lipinski definition) is 2. The number of hydrogen-bond donors (Lipinski definition) is 0. The normalized spacial score (nSPS) is 25.7. The lowest BCUT2D eigenvalue weighted by Gasteiger charge is -2.19. The van der Waals surface area contributed by atoms with Gasteiger partial charge in [-0.2, -0.15) is 5.10 Å². The van der Waals surface area contributed by atoms with Crippen molar-refractivity contribution in [3.05, 3.63) is 16.9 Å². The summed E-state index contributed by atoms with van der Waals surface area (Å²) >= 11 is 6.19. The number of carbonyl (C=O) groups excluding carboxylic acids is 1. The molecule has 88 valence electrons. The third-order valence-corrected chi connectivity index (χ3v) is 3.73. The van der Waals surface area contributed by atoms with Crippen molar-refractivity contribution < 1.29 is 4.79 Å². The lowest BCUT2D eigenvalue weighted by atomic mass is 9.94. The van der Waals surface area contributed by atoms with Gasteiger partial charge in [-0.05, 0) is 20.3 Å². The minimum Gasteiger partial charge on any atom is -0.299 e. The fourth-order valence-corrected chi connectivity index (χ4v) is 2.75. The molecule has 1 aliphatic rings. The molecule has 0 aromatic carbocycles. The number of halogens is 1. The zero-order valence-corrected chi connectivity index (χ0v) is 10.7. The van der Waals surface area contributed by atoms with Crippen LogP contribution in [0.1, 0.15) is 51.3 Å². The molecule has 3 nitrogen and oxygen atoms in total. The van der Waals surface area contributed by atoms with Crippen LogP contribution >= 0.6 is 11.6 Å². The third-order valence-electron chi connectivity index (χ3n) is 3.44. The Labute approximate surface area is 101 Å². The summed E-state index contributed by atoms with van der Waals surface area (Å²) in [6.07, 6.45) is 3.26. The lowest BCUT2D eigenvalue weighted by molar-refractivity contribution is -0.120. The first-order valence-electron chi connectivity index (χ1n) is 5.78. The summed E-state index contributed by atoms with van der Waals surface area (Å²) in [4.78, 5) is 11.6. The maximum absolute atomic E-state index is 11.6. The van der Waals surface area contributed by atoms with Crippen LogP contribution in [0.3, 0.4) is 0 Å². The van der Waals surface area contributed by atoms with Gasteiger partial charge in [-0.3, -0.25) is 9.48 Å². The second-order valence-corrected chi connectivity index (χ2v) is 5.22. The molecule has 0 radical (unpaired) electrons. The monoisotopic (exact) mass is 240 g/mol. The summed E-state index contributed by atoms with van der Waals surface area (Å²) in [7, 11) is 0. The molecule has 1 aromatic heterocycles. The first-order chi connectivity index (χ1) is 7.52. The Kier molecular flexibility index (Phi) is 3.06. The van der Waals surface area contributed by atoms with Gasteiger partial charge in [-0.25, -0.2) is 0 Å². The maximum atomic E-state index is 11.6. The van der Waals surface area contributed by atoms with Gasteiger partial charge in [-0.15, -0.1) is 0 Å². The van der Waals surface area contributed by atoms with E-state index in [1.54, 1.807) is 6.20 Å². The van der Waals surface area contributed by atoms with E-state index in [4.69, 9.17) is 11.6 Å². The SMILES string of the molecule is CC1C(=O)CCC1c1c(Cl)cnn1C(C)C. The summed E-state index contributed by atoms with van der Waals surface area (Å²) < 4.78 is 1.95. The number of rotatable bonds is 2. The van der Waals surface area contributed by atoms with Gasteiger partial charge >= 0.3 is 0 Å². The van der Waals surface area contributed by atoms with Crippen LogP contribution in [0.5, 0.6) is 0 Å². The molecular weight excluding hydrogens is 224 g/mol. The van der Waals surface area contributed by atoms with Gasteiger partial charge in [0.05, 0.1) is 16.9 Å². The highest BCUT2D eigenvalue weighted by atomic mass is 35.5. The predicted molar refractivity (Wildman–Crippen MR) is 63.8 cm³/mol. The molecule has 0 bridgehead atoms. The van der Waals surface area contributed by atoms with Crippen LogP contribution in [0, 0.1) is 5.92 Å². The Bertz CT molecular complexity index is 411. The Morgan fingerprint density at radius 2 is 2.25 bits per heavy atom. The van der Waals surface area contributed by atoms with Crippen LogP contribution in [-0.4, -0.2) is 15.6 Å². The van der Waals surface area contributed by atoms with Crippen LogP contribution < -0.4 is 0 Å². The van der Waals surface area contributed by atoms with Crippen molar-refractivity contribution in [3.63, 3.8) is 0 Å². The Balaban J connectivity index is 2.40. The molecule has 1 fully saturated rings. The quantitative estimate of drug-likeness (QED) is 0.796.